The van der Waals surface area contributed by atoms with Gasteiger partial charge in [-0.15, -0.1) is 0 Å². The lowest BCUT2D eigenvalue weighted by Crippen LogP contribution is -2.35. The molecule has 0 aliphatic carbocycles. The van der Waals surface area contributed by atoms with Crippen molar-refractivity contribution in [1.29, 1.82) is 0 Å². The highest BCUT2D eigenvalue weighted by Crippen LogP contribution is 2.16. The van der Waals surface area contributed by atoms with E-state index in [9.17, 15) is 0 Å². The van der Waals surface area contributed by atoms with Crippen molar-refractivity contribution in [3.63, 3.8) is 0 Å². The average Bonchev–Trinajstić information content (AvgIpc) is 1.88. The van der Waals surface area contributed by atoms with Crippen LogP contribution in [0.25, 0.3) is 0 Å². The first-order chi connectivity index (χ1) is 4.70. The van der Waals surface area contributed by atoms with Crippen LogP contribution >= 0.6 is 12.6 Å². The Morgan fingerprint density at radius 2 is 2.30 bits per heavy atom. The molecule has 0 N–H and O–H groups in total. The predicted octanol–water partition coefficient (Wildman–Crippen LogP) is 1.46. The van der Waals surface area contributed by atoms with Crippen LogP contribution in [0.3, 0.4) is 0 Å². The van der Waals surface area contributed by atoms with Gasteiger partial charge in [0.1, 0.15) is 0 Å². The van der Waals surface area contributed by atoms with E-state index in [-0.39, 0.29) is 11.5 Å². The standard InChI is InChI=1S/C7H14O2S/c1-5-3-4-8-7(9-5)6(2)10/h5-7,10H,3-4H2,1-2H3/t5-,6-,7+/m1/s1. The van der Waals surface area contributed by atoms with Gasteiger partial charge < -0.3 is 9.47 Å². The number of hydrogen-bond acceptors (Lipinski definition) is 3. The number of rotatable bonds is 1. The Morgan fingerprint density at radius 1 is 1.60 bits per heavy atom. The van der Waals surface area contributed by atoms with Gasteiger partial charge in [-0.3, -0.25) is 0 Å². The maximum Gasteiger partial charge on any atom is 0.169 e. The van der Waals surface area contributed by atoms with Gasteiger partial charge in [-0.25, -0.2) is 0 Å². The van der Waals surface area contributed by atoms with E-state index in [1.807, 2.05) is 6.92 Å². The van der Waals surface area contributed by atoms with Crippen molar-refractivity contribution in [1.82, 2.24) is 0 Å². The van der Waals surface area contributed by atoms with E-state index in [0.717, 1.165) is 13.0 Å². The van der Waals surface area contributed by atoms with Crippen molar-refractivity contribution >= 4 is 12.6 Å². The van der Waals surface area contributed by atoms with Crippen LogP contribution in [-0.4, -0.2) is 24.3 Å². The maximum absolute atomic E-state index is 5.45. The third-order valence-electron chi connectivity index (χ3n) is 1.57. The minimum absolute atomic E-state index is 0.105. The Kier molecular flexibility index (Phi) is 3.01. The van der Waals surface area contributed by atoms with Gasteiger partial charge >= 0.3 is 0 Å². The lowest BCUT2D eigenvalue weighted by atomic mass is 10.2. The molecular weight excluding hydrogens is 148 g/mol. The molecule has 1 aliphatic heterocycles. The van der Waals surface area contributed by atoms with E-state index in [1.165, 1.54) is 0 Å². The van der Waals surface area contributed by atoms with Crippen LogP contribution in [0.5, 0.6) is 0 Å². The van der Waals surface area contributed by atoms with Crippen molar-refractivity contribution in [2.45, 2.75) is 37.9 Å². The summed E-state index contributed by atoms with van der Waals surface area (Å²) >= 11 is 4.23. The second kappa shape index (κ2) is 3.60. The summed E-state index contributed by atoms with van der Waals surface area (Å²) in [5.74, 6) is 0. The molecule has 1 fully saturated rings. The molecule has 60 valence electrons. The Hall–Kier alpha value is 0.270. The van der Waals surface area contributed by atoms with Crippen molar-refractivity contribution in [2.75, 3.05) is 6.61 Å². The molecule has 0 saturated carbocycles. The summed E-state index contributed by atoms with van der Waals surface area (Å²) in [6.45, 7) is 4.84. The summed E-state index contributed by atoms with van der Waals surface area (Å²) in [5, 5.41) is 0.169. The van der Waals surface area contributed by atoms with Gasteiger partial charge in [0.05, 0.1) is 18.0 Å². The molecule has 0 unspecified atom stereocenters. The molecule has 1 rings (SSSR count). The minimum atomic E-state index is -0.105. The molecule has 0 bridgehead atoms. The van der Waals surface area contributed by atoms with Crippen LogP contribution in [0, 0.1) is 0 Å². The molecule has 3 heteroatoms. The number of ether oxygens (including phenoxy) is 2. The van der Waals surface area contributed by atoms with Crippen LogP contribution in [0.4, 0.5) is 0 Å². The largest absolute Gasteiger partial charge is 0.351 e. The Bertz CT molecular complexity index is 106. The van der Waals surface area contributed by atoms with E-state index in [0.29, 0.717) is 6.10 Å². The molecule has 0 aromatic carbocycles. The van der Waals surface area contributed by atoms with E-state index in [1.54, 1.807) is 0 Å². The molecule has 2 nitrogen and oxygen atoms in total. The second-order valence-electron chi connectivity index (χ2n) is 2.72. The lowest BCUT2D eigenvalue weighted by molar-refractivity contribution is -0.204. The van der Waals surface area contributed by atoms with Crippen molar-refractivity contribution in [2.24, 2.45) is 0 Å². The molecule has 1 aliphatic rings. The van der Waals surface area contributed by atoms with Crippen LogP contribution in [0.2, 0.25) is 0 Å². The van der Waals surface area contributed by atoms with Gasteiger partial charge in [-0.1, -0.05) is 0 Å². The molecule has 1 heterocycles. The third-order valence-corrected chi connectivity index (χ3v) is 1.81. The normalized spacial score (nSPS) is 37.5. The van der Waals surface area contributed by atoms with Crippen LogP contribution in [-0.2, 0) is 9.47 Å². The Balaban J connectivity index is 2.32. The van der Waals surface area contributed by atoms with Crippen molar-refractivity contribution < 1.29 is 9.47 Å². The number of hydrogen-bond donors (Lipinski definition) is 1. The van der Waals surface area contributed by atoms with Crippen LogP contribution in [0.15, 0.2) is 0 Å². The van der Waals surface area contributed by atoms with Gasteiger partial charge in [0.2, 0.25) is 0 Å². The van der Waals surface area contributed by atoms with Gasteiger partial charge in [-0.05, 0) is 20.3 Å². The Morgan fingerprint density at radius 3 is 2.70 bits per heavy atom. The molecule has 0 aromatic heterocycles. The summed E-state index contributed by atoms with van der Waals surface area (Å²) in [6, 6.07) is 0. The first kappa shape index (κ1) is 8.37. The zero-order chi connectivity index (χ0) is 7.56. The summed E-state index contributed by atoms with van der Waals surface area (Å²) in [6.07, 6.45) is 1.22. The fourth-order valence-electron chi connectivity index (χ4n) is 0.939. The second-order valence-corrected chi connectivity index (χ2v) is 3.53. The van der Waals surface area contributed by atoms with Crippen molar-refractivity contribution in [3.8, 4) is 0 Å². The lowest BCUT2D eigenvalue weighted by Gasteiger charge is -2.29. The quantitative estimate of drug-likeness (QED) is 0.588. The molecule has 0 spiro atoms. The monoisotopic (exact) mass is 162 g/mol. The first-order valence-corrected chi connectivity index (χ1v) is 4.17. The van der Waals surface area contributed by atoms with Gasteiger partial charge in [0, 0.05) is 0 Å². The van der Waals surface area contributed by atoms with Crippen LogP contribution in [0.1, 0.15) is 20.3 Å². The van der Waals surface area contributed by atoms with Crippen molar-refractivity contribution in [3.05, 3.63) is 0 Å². The van der Waals surface area contributed by atoms with E-state index < -0.39 is 0 Å². The predicted molar refractivity (Wildman–Crippen MR) is 43.4 cm³/mol. The Labute approximate surface area is 67.3 Å². The van der Waals surface area contributed by atoms with Gasteiger partial charge in [-0.2, -0.15) is 12.6 Å². The zero-order valence-electron chi connectivity index (χ0n) is 6.41. The first-order valence-electron chi connectivity index (χ1n) is 3.65. The van der Waals surface area contributed by atoms with Gasteiger partial charge in [0.15, 0.2) is 6.29 Å². The van der Waals surface area contributed by atoms with E-state index >= 15 is 0 Å². The van der Waals surface area contributed by atoms with Crippen LogP contribution < -0.4 is 0 Å². The molecule has 1 saturated heterocycles. The van der Waals surface area contributed by atoms with E-state index in [4.69, 9.17) is 9.47 Å². The SMILES string of the molecule is C[C@@H]1CCO[C@H]([C@@H](C)S)O1. The molecular formula is C7H14O2S. The zero-order valence-corrected chi connectivity index (χ0v) is 7.30. The highest BCUT2D eigenvalue weighted by molar-refractivity contribution is 7.81. The highest BCUT2D eigenvalue weighted by Gasteiger charge is 2.22. The van der Waals surface area contributed by atoms with Gasteiger partial charge in [0.25, 0.3) is 0 Å². The summed E-state index contributed by atoms with van der Waals surface area (Å²) in [7, 11) is 0. The third kappa shape index (κ3) is 2.15. The summed E-state index contributed by atoms with van der Waals surface area (Å²) < 4.78 is 10.8. The maximum atomic E-state index is 5.45. The molecule has 0 aromatic rings. The molecule has 0 amide bonds. The molecule has 0 radical (unpaired) electrons. The number of thiol groups is 1. The fraction of sp³-hybridized carbons (Fsp3) is 1.00. The average molecular weight is 162 g/mol. The van der Waals surface area contributed by atoms with E-state index in [2.05, 4.69) is 19.6 Å². The molecule has 10 heavy (non-hydrogen) atoms. The highest BCUT2D eigenvalue weighted by atomic mass is 32.1. The molecule has 3 atom stereocenters. The minimum Gasteiger partial charge on any atom is -0.351 e. The summed E-state index contributed by atoms with van der Waals surface area (Å²) in [4.78, 5) is 0. The smallest absolute Gasteiger partial charge is 0.169 e. The fourth-order valence-corrected chi connectivity index (χ4v) is 1.10. The summed E-state index contributed by atoms with van der Waals surface area (Å²) in [5.41, 5.74) is 0. The topological polar surface area (TPSA) is 18.5 Å².